The molecule has 102 valence electrons. The zero-order valence-electron chi connectivity index (χ0n) is 11.5. The molecule has 2 N–H and O–H groups in total. The lowest BCUT2D eigenvalue weighted by atomic mass is 10.2. The maximum atomic E-state index is 11.7. The average molecular weight is 254 g/mol. The average Bonchev–Trinajstić information content (AvgIpc) is 2.61. The highest BCUT2D eigenvalue weighted by molar-refractivity contribution is 5.81. The molecule has 0 radical (unpaired) electrons. The van der Waals surface area contributed by atoms with Gasteiger partial charge in [-0.25, -0.2) is 0 Å². The Morgan fingerprint density at radius 1 is 1.50 bits per heavy atom. The van der Waals surface area contributed by atoms with Crippen LogP contribution >= 0.6 is 0 Å². The third-order valence-corrected chi connectivity index (χ3v) is 2.86. The Hall–Kier alpha value is -1.56. The van der Waals surface area contributed by atoms with Crippen LogP contribution in [0.3, 0.4) is 0 Å². The van der Waals surface area contributed by atoms with Crippen molar-refractivity contribution < 1.29 is 9.90 Å². The zero-order valence-corrected chi connectivity index (χ0v) is 11.5. The number of carbonyl (C=O) groups excluding carboxylic acids is 1. The Labute approximate surface area is 108 Å². The molecule has 0 spiro atoms. The second-order valence-corrected chi connectivity index (χ2v) is 4.14. The number of aromatic nitrogens is 2. The summed E-state index contributed by atoms with van der Waals surface area (Å²) in [5.74, 6) is 0.783. The first kappa shape index (κ1) is 14.5. The van der Waals surface area contributed by atoms with Crippen LogP contribution in [-0.2, 0) is 18.4 Å². The van der Waals surface area contributed by atoms with Gasteiger partial charge in [-0.1, -0.05) is 0 Å². The van der Waals surface area contributed by atoms with Crippen molar-refractivity contribution in [2.45, 2.75) is 27.4 Å². The Morgan fingerprint density at radius 3 is 2.67 bits per heavy atom. The van der Waals surface area contributed by atoms with Crippen molar-refractivity contribution in [2.75, 3.05) is 24.5 Å². The SMILES string of the molecule is CCNC(=O)CN(CC)c1c(CO)c(C)nn1C. The molecular weight excluding hydrogens is 232 g/mol. The molecule has 0 atom stereocenters. The third-order valence-electron chi connectivity index (χ3n) is 2.86. The number of nitrogens with one attached hydrogen (secondary N) is 1. The second-order valence-electron chi connectivity index (χ2n) is 4.14. The molecule has 18 heavy (non-hydrogen) atoms. The van der Waals surface area contributed by atoms with Gasteiger partial charge in [0, 0.05) is 25.7 Å². The van der Waals surface area contributed by atoms with Crippen LogP contribution in [0.25, 0.3) is 0 Å². The van der Waals surface area contributed by atoms with E-state index in [0.717, 1.165) is 17.1 Å². The number of aliphatic hydroxyl groups is 1. The lowest BCUT2D eigenvalue weighted by Gasteiger charge is -2.23. The van der Waals surface area contributed by atoms with E-state index in [1.54, 1.807) is 4.68 Å². The highest BCUT2D eigenvalue weighted by Crippen LogP contribution is 2.22. The summed E-state index contributed by atoms with van der Waals surface area (Å²) in [5, 5.41) is 16.5. The summed E-state index contributed by atoms with van der Waals surface area (Å²) >= 11 is 0. The van der Waals surface area contributed by atoms with E-state index < -0.39 is 0 Å². The second kappa shape index (κ2) is 6.39. The van der Waals surface area contributed by atoms with Crippen LogP contribution < -0.4 is 10.2 Å². The molecule has 0 saturated heterocycles. The van der Waals surface area contributed by atoms with Crippen molar-refractivity contribution in [1.82, 2.24) is 15.1 Å². The monoisotopic (exact) mass is 254 g/mol. The quantitative estimate of drug-likeness (QED) is 0.760. The lowest BCUT2D eigenvalue weighted by Crippen LogP contribution is -2.38. The fourth-order valence-corrected chi connectivity index (χ4v) is 2.03. The summed E-state index contributed by atoms with van der Waals surface area (Å²) in [6, 6.07) is 0. The summed E-state index contributed by atoms with van der Waals surface area (Å²) in [4.78, 5) is 13.6. The molecule has 0 aromatic carbocycles. The van der Waals surface area contributed by atoms with E-state index in [9.17, 15) is 9.90 Å². The van der Waals surface area contributed by atoms with Crippen LogP contribution in [0.15, 0.2) is 0 Å². The standard InChI is InChI=1S/C12H22N4O2/c1-5-13-11(18)7-16(6-2)12-10(8-17)9(3)14-15(12)4/h17H,5-8H2,1-4H3,(H,13,18). The summed E-state index contributed by atoms with van der Waals surface area (Å²) in [6.45, 7) is 7.23. The van der Waals surface area contributed by atoms with Gasteiger partial charge in [0.1, 0.15) is 5.82 Å². The minimum absolute atomic E-state index is 0.0258. The van der Waals surface area contributed by atoms with Crippen molar-refractivity contribution >= 4 is 11.7 Å². The number of aryl methyl sites for hydroxylation is 2. The molecule has 1 rings (SSSR count). The van der Waals surface area contributed by atoms with E-state index >= 15 is 0 Å². The van der Waals surface area contributed by atoms with E-state index in [1.807, 2.05) is 32.7 Å². The number of likely N-dealkylation sites (N-methyl/N-ethyl adjacent to an activating group) is 2. The highest BCUT2D eigenvalue weighted by atomic mass is 16.3. The molecule has 0 bridgehead atoms. The summed E-state index contributed by atoms with van der Waals surface area (Å²) < 4.78 is 1.71. The van der Waals surface area contributed by atoms with E-state index in [0.29, 0.717) is 13.1 Å². The van der Waals surface area contributed by atoms with E-state index in [1.165, 1.54) is 0 Å². The predicted molar refractivity (Wildman–Crippen MR) is 70.4 cm³/mol. The van der Waals surface area contributed by atoms with Crippen molar-refractivity contribution in [1.29, 1.82) is 0 Å². The van der Waals surface area contributed by atoms with Gasteiger partial charge < -0.3 is 15.3 Å². The molecule has 0 saturated carbocycles. The van der Waals surface area contributed by atoms with Gasteiger partial charge in [-0.2, -0.15) is 5.10 Å². The number of amides is 1. The number of anilines is 1. The van der Waals surface area contributed by atoms with Crippen LogP contribution in [0.4, 0.5) is 5.82 Å². The summed E-state index contributed by atoms with van der Waals surface area (Å²) in [7, 11) is 1.82. The molecule has 0 aliphatic carbocycles. The Bertz CT molecular complexity index is 414. The molecule has 0 aliphatic rings. The van der Waals surface area contributed by atoms with Gasteiger partial charge in [0.2, 0.25) is 5.91 Å². The first-order valence-electron chi connectivity index (χ1n) is 6.20. The number of rotatable bonds is 6. The van der Waals surface area contributed by atoms with E-state index in [4.69, 9.17) is 0 Å². The van der Waals surface area contributed by atoms with Gasteiger partial charge in [-0.05, 0) is 20.8 Å². The first-order valence-corrected chi connectivity index (χ1v) is 6.20. The number of carbonyl (C=O) groups is 1. The Morgan fingerprint density at radius 2 is 2.17 bits per heavy atom. The third kappa shape index (κ3) is 3.01. The molecule has 1 heterocycles. The maximum absolute atomic E-state index is 11.7. The van der Waals surface area contributed by atoms with E-state index in [-0.39, 0.29) is 19.1 Å². The fraction of sp³-hybridized carbons (Fsp3) is 0.667. The normalized spacial score (nSPS) is 10.5. The largest absolute Gasteiger partial charge is 0.391 e. The topological polar surface area (TPSA) is 70.4 Å². The smallest absolute Gasteiger partial charge is 0.239 e. The number of hydrogen-bond acceptors (Lipinski definition) is 4. The molecule has 6 heteroatoms. The van der Waals surface area contributed by atoms with Crippen LogP contribution in [0.1, 0.15) is 25.1 Å². The van der Waals surface area contributed by atoms with Crippen molar-refractivity contribution in [2.24, 2.45) is 7.05 Å². The number of aliphatic hydroxyl groups excluding tert-OH is 1. The van der Waals surface area contributed by atoms with Crippen molar-refractivity contribution in [3.63, 3.8) is 0 Å². The van der Waals surface area contributed by atoms with Gasteiger partial charge in [0.15, 0.2) is 0 Å². The minimum Gasteiger partial charge on any atom is -0.391 e. The van der Waals surface area contributed by atoms with Gasteiger partial charge >= 0.3 is 0 Å². The maximum Gasteiger partial charge on any atom is 0.239 e. The molecule has 0 aliphatic heterocycles. The summed E-state index contributed by atoms with van der Waals surface area (Å²) in [6.07, 6.45) is 0. The highest BCUT2D eigenvalue weighted by Gasteiger charge is 2.19. The minimum atomic E-state index is -0.0685. The molecule has 6 nitrogen and oxygen atoms in total. The number of hydrogen-bond donors (Lipinski definition) is 2. The molecule has 0 fully saturated rings. The molecule has 1 amide bonds. The van der Waals surface area contributed by atoms with Crippen molar-refractivity contribution in [3.05, 3.63) is 11.3 Å². The Kier molecular flexibility index (Phi) is 5.15. The van der Waals surface area contributed by atoms with Crippen LogP contribution in [-0.4, -0.2) is 40.4 Å². The van der Waals surface area contributed by atoms with Crippen LogP contribution in [0.5, 0.6) is 0 Å². The van der Waals surface area contributed by atoms with Crippen LogP contribution in [0.2, 0.25) is 0 Å². The predicted octanol–water partition coefficient (Wildman–Crippen LogP) is 0.183. The number of nitrogens with zero attached hydrogens (tertiary/aromatic N) is 3. The van der Waals surface area contributed by atoms with Gasteiger partial charge in [0.25, 0.3) is 0 Å². The lowest BCUT2D eigenvalue weighted by molar-refractivity contribution is -0.119. The molecule has 0 unspecified atom stereocenters. The van der Waals surface area contributed by atoms with Gasteiger partial charge in [-0.15, -0.1) is 0 Å². The molecule has 1 aromatic rings. The van der Waals surface area contributed by atoms with Gasteiger partial charge in [-0.3, -0.25) is 9.48 Å². The first-order chi connectivity index (χ1) is 8.54. The Balaban J connectivity index is 2.98. The summed E-state index contributed by atoms with van der Waals surface area (Å²) in [5.41, 5.74) is 1.58. The van der Waals surface area contributed by atoms with E-state index in [2.05, 4.69) is 10.4 Å². The van der Waals surface area contributed by atoms with Crippen LogP contribution in [0, 0.1) is 6.92 Å². The molecular formula is C12H22N4O2. The zero-order chi connectivity index (χ0) is 13.7. The fourth-order valence-electron chi connectivity index (χ4n) is 2.03. The van der Waals surface area contributed by atoms with Crippen molar-refractivity contribution in [3.8, 4) is 0 Å². The molecule has 1 aromatic heterocycles. The van der Waals surface area contributed by atoms with Gasteiger partial charge in [0.05, 0.1) is 18.8 Å².